The second kappa shape index (κ2) is 21.2. The Bertz CT molecular complexity index is 2510. The van der Waals surface area contributed by atoms with Crippen LogP contribution < -0.4 is 24.3 Å². The molecule has 3 aliphatic carbocycles. The van der Waals surface area contributed by atoms with E-state index in [-0.39, 0.29) is 55.8 Å². The van der Waals surface area contributed by atoms with Gasteiger partial charge < -0.3 is 43.6 Å². The van der Waals surface area contributed by atoms with Gasteiger partial charge in [-0.25, -0.2) is 4.79 Å². The van der Waals surface area contributed by atoms with E-state index in [9.17, 15) is 15.0 Å². The van der Waals surface area contributed by atoms with Gasteiger partial charge in [0.1, 0.15) is 34.6 Å². The number of hydrogen-bond acceptors (Lipinski definition) is 11. The van der Waals surface area contributed by atoms with Crippen molar-refractivity contribution >= 4 is 34.2 Å². The Balaban J connectivity index is 1.31. The number of nitrogens with one attached hydrogen (secondary N) is 1. The van der Waals surface area contributed by atoms with E-state index in [1.54, 1.807) is 37.5 Å². The topological polar surface area (TPSA) is 158 Å². The van der Waals surface area contributed by atoms with E-state index in [0.717, 1.165) is 71.7 Å². The van der Waals surface area contributed by atoms with Crippen LogP contribution in [-0.2, 0) is 20.9 Å². The zero-order valence-electron chi connectivity index (χ0n) is 40.1. The molecule has 4 aliphatic rings. The summed E-state index contributed by atoms with van der Waals surface area (Å²) in [5, 5.41) is 30.0. The normalized spacial score (nSPS) is 23.4. The van der Waals surface area contributed by atoms with Crippen molar-refractivity contribution in [3.05, 3.63) is 114 Å². The third-order valence-corrected chi connectivity index (χ3v) is 13.7. The maximum Gasteiger partial charge on any atom is 0.417 e. The number of amides is 2. The molecule has 6 atom stereocenters. The minimum Gasteiger partial charge on any atom is -0.497 e. The van der Waals surface area contributed by atoms with Gasteiger partial charge >= 0.3 is 6.09 Å². The molecular formula is C55H67N3O10. The van der Waals surface area contributed by atoms with Crippen LogP contribution in [0, 0.1) is 23.7 Å². The third kappa shape index (κ3) is 10.4. The fraction of sp³-hybridized carbons (Fsp3) is 0.473. The molecule has 4 aromatic carbocycles. The van der Waals surface area contributed by atoms with Crippen LogP contribution in [0.25, 0.3) is 10.8 Å². The average molecular weight is 930 g/mol. The maximum atomic E-state index is 15.1. The third-order valence-electron chi connectivity index (χ3n) is 13.7. The lowest BCUT2D eigenvalue weighted by atomic mass is 9.55. The molecule has 0 aromatic heterocycles. The number of unbranched alkanes of at least 4 members (excludes halogenated alkanes) is 2. The Morgan fingerprint density at radius 1 is 0.926 bits per heavy atom. The lowest BCUT2D eigenvalue weighted by Crippen LogP contribution is -2.70. The van der Waals surface area contributed by atoms with Crippen molar-refractivity contribution in [1.29, 1.82) is 0 Å². The SMILES string of the molecule is C=CCOC12Oc3ccc(OC(=O)Nc4ccc(OC)cc4OC)cc3C3C(CCCCO)C(CCCCO)C=C(C(=NOC(C)(C)C)CC1N(Cc1cccc4ccccc14)C(=O)C1CC1)C32. The first kappa shape index (κ1) is 48.6. The van der Waals surface area contributed by atoms with Crippen LogP contribution in [0.2, 0.25) is 0 Å². The highest BCUT2D eigenvalue weighted by Gasteiger charge is 2.66. The van der Waals surface area contributed by atoms with Gasteiger partial charge in [0, 0.05) is 49.6 Å². The summed E-state index contributed by atoms with van der Waals surface area (Å²) in [6.07, 6.45) is 9.60. The molecule has 13 nitrogen and oxygen atoms in total. The zero-order chi connectivity index (χ0) is 48.0. The molecule has 362 valence electrons. The molecule has 0 radical (unpaired) electrons. The highest BCUT2D eigenvalue weighted by Crippen LogP contribution is 2.62. The number of benzene rings is 4. The van der Waals surface area contributed by atoms with Crippen molar-refractivity contribution in [3.8, 4) is 23.0 Å². The highest BCUT2D eigenvalue weighted by molar-refractivity contribution is 6.03. The van der Waals surface area contributed by atoms with Gasteiger partial charge in [-0.3, -0.25) is 10.1 Å². The lowest BCUT2D eigenvalue weighted by Gasteiger charge is -2.60. The number of hydrogen-bond donors (Lipinski definition) is 3. The van der Waals surface area contributed by atoms with Gasteiger partial charge in [0.2, 0.25) is 11.7 Å². The van der Waals surface area contributed by atoms with E-state index < -0.39 is 29.4 Å². The molecule has 0 spiro atoms. The number of allylic oxidation sites excluding steroid dienone is 1. The molecule has 4 aromatic rings. The Morgan fingerprint density at radius 3 is 2.40 bits per heavy atom. The van der Waals surface area contributed by atoms with Gasteiger partial charge in [0.05, 0.1) is 38.1 Å². The summed E-state index contributed by atoms with van der Waals surface area (Å²) >= 11 is 0. The second-order valence-corrected chi connectivity index (χ2v) is 19.4. The molecule has 68 heavy (non-hydrogen) atoms. The molecule has 0 bridgehead atoms. The molecule has 13 heteroatoms. The number of methoxy groups -OCH3 is 2. The van der Waals surface area contributed by atoms with Crippen LogP contribution in [0.5, 0.6) is 23.0 Å². The van der Waals surface area contributed by atoms with Crippen molar-refractivity contribution in [2.24, 2.45) is 28.8 Å². The molecule has 2 amide bonds. The van der Waals surface area contributed by atoms with E-state index in [1.807, 2.05) is 56.0 Å². The molecule has 8 rings (SSSR count). The average Bonchev–Trinajstić information content (AvgIpc) is 4.19. The molecule has 2 saturated carbocycles. The van der Waals surface area contributed by atoms with Gasteiger partial charge in [0.15, 0.2) is 0 Å². The molecule has 0 saturated heterocycles. The monoisotopic (exact) mass is 929 g/mol. The van der Waals surface area contributed by atoms with E-state index in [1.165, 1.54) is 7.11 Å². The number of ether oxygens (including phenoxy) is 5. The summed E-state index contributed by atoms with van der Waals surface area (Å²) in [6.45, 7) is 10.6. The van der Waals surface area contributed by atoms with E-state index in [2.05, 4.69) is 42.2 Å². The number of rotatable bonds is 20. The fourth-order valence-electron chi connectivity index (χ4n) is 10.6. The molecule has 1 aliphatic heterocycles. The predicted octanol–water partition coefficient (Wildman–Crippen LogP) is 10.3. The molecule has 1 heterocycles. The van der Waals surface area contributed by atoms with Gasteiger partial charge in [-0.2, -0.15) is 0 Å². The van der Waals surface area contributed by atoms with Crippen LogP contribution in [0.15, 0.2) is 108 Å². The van der Waals surface area contributed by atoms with E-state index in [0.29, 0.717) is 48.1 Å². The molecule has 3 N–H and O–H groups in total. The second-order valence-electron chi connectivity index (χ2n) is 19.4. The number of carbonyl (C=O) groups is 2. The summed E-state index contributed by atoms with van der Waals surface area (Å²) in [5.41, 5.74) is 3.28. The zero-order valence-corrected chi connectivity index (χ0v) is 40.1. The first-order valence-corrected chi connectivity index (χ1v) is 24.2. The number of aliphatic hydroxyl groups is 2. The summed E-state index contributed by atoms with van der Waals surface area (Å²) in [6, 6.07) is 24.3. The minimum absolute atomic E-state index is 0.0197. The summed E-state index contributed by atoms with van der Waals surface area (Å²) in [5.74, 6) is -0.533. The Hall–Kier alpha value is -5.89. The van der Waals surface area contributed by atoms with Crippen LogP contribution in [-0.4, -0.2) is 84.3 Å². The van der Waals surface area contributed by atoms with Crippen LogP contribution in [0.4, 0.5) is 10.5 Å². The standard InChI is InChI=1S/C55H67N3O10/c1-7-29-65-55-49(58(52(61)36-21-22-36)34-38-18-14-17-35-15-8-9-19-41(35)38)33-46(57-68-54(2,3)4)43-30-37(16-10-12-27-59)42(20-11-13-28-60)50(51(43)55)44-31-40(24-26-47(44)67-55)66-53(62)56-45-25-23-39(63-5)32-48(45)64-6/h7-9,14-15,17-19,23-26,30-32,36-37,42,49-51,59-60H,1,10-13,16,20-22,27-29,33-34H2,2-6H3,(H,56,62). The van der Waals surface area contributed by atoms with Crippen molar-refractivity contribution in [3.63, 3.8) is 0 Å². The van der Waals surface area contributed by atoms with Gasteiger partial charge in [-0.05, 0) is 123 Å². The largest absolute Gasteiger partial charge is 0.497 e. The van der Waals surface area contributed by atoms with Gasteiger partial charge in [-0.1, -0.05) is 72.6 Å². The summed E-state index contributed by atoms with van der Waals surface area (Å²) in [7, 11) is 3.07. The van der Waals surface area contributed by atoms with Gasteiger partial charge in [0.25, 0.3) is 0 Å². The molecular weight excluding hydrogens is 863 g/mol. The predicted molar refractivity (Wildman–Crippen MR) is 262 cm³/mol. The molecule has 2 fully saturated rings. The number of nitrogens with zero attached hydrogens (tertiary/aromatic N) is 2. The first-order valence-electron chi connectivity index (χ1n) is 24.2. The van der Waals surface area contributed by atoms with Crippen LogP contribution >= 0.6 is 0 Å². The highest BCUT2D eigenvalue weighted by atomic mass is 16.7. The first-order chi connectivity index (χ1) is 32.9. The van der Waals surface area contributed by atoms with E-state index in [4.69, 9.17) is 33.7 Å². The number of anilines is 1. The van der Waals surface area contributed by atoms with Crippen LogP contribution in [0.3, 0.4) is 0 Å². The number of fused-ring (bicyclic) bond motifs is 3. The maximum absolute atomic E-state index is 15.1. The quantitative estimate of drug-likeness (QED) is 0.0443. The Kier molecular flexibility index (Phi) is 15.1. The minimum atomic E-state index is -1.44. The number of oxime groups is 1. The summed E-state index contributed by atoms with van der Waals surface area (Å²) < 4.78 is 31.7. The van der Waals surface area contributed by atoms with E-state index >= 15 is 4.79 Å². The van der Waals surface area contributed by atoms with Crippen molar-refractivity contribution < 1.29 is 48.3 Å². The van der Waals surface area contributed by atoms with Gasteiger partial charge in [-0.15, -0.1) is 6.58 Å². The smallest absolute Gasteiger partial charge is 0.417 e. The fourth-order valence-corrected chi connectivity index (χ4v) is 10.6. The Morgan fingerprint density at radius 2 is 1.68 bits per heavy atom. The van der Waals surface area contributed by atoms with Crippen molar-refractivity contribution in [2.45, 2.75) is 108 Å². The Labute approximate surface area is 400 Å². The van der Waals surface area contributed by atoms with Crippen molar-refractivity contribution in [1.82, 2.24) is 4.90 Å². The number of aliphatic hydroxyl groups excluding tert-OH is 2. The summed E-state index contributed by atoms with van der Waals surface area (Å²) in [4.78, 5) is 37.2. The van der Waals surface area contributed by atoms with Crippen molar-refractivity contribution in [2.75, 3.05) is 39.4 Å². The lowest BCUT2D eigenvalue weighted by molar-refractivity contribution is -0.258. The molecule has 6 unspecified atom stereocenters. The van der Waals surface area contributed by atoms with Crippen LogP contribution in [0.1, 0.15) is 95.6 Å². The number of carbonyl (C=O) groups excluding carboxylic acids is 2.